The zero-order chi connectivity index (χ0) is 45.7. The van der Waals surface area contributed by atoms with Gasteiger partial charge in [-0.1, -0.05) is 39.0 Å². The smallest absolute Gasteiger partial charge is 0.257 e. The maximum atomic E-state index is 12.2. The Morgan fingerprint density at radius 2 is 1.19 bits per heavy atom. The number of nitrogens with two attached hydrogens (primary N) is 3. The number of ketones is 1. The molecule has 8 rings (SSSR count). The molecular formula is C46H72N14O2S2. The predicted molar refractivity (Wildman–Crippen MR) is 266 cm³/mol. The van der Waals surface area contributed by atoms with E-state index in [1.807, 2.05) is 45.2 Å². The summed E-state index contributed by atoms with van der Waals surface area (Å²) in [6.45, 7) is 11.5. The number of nitrogens with one attached hydrogen (secondary N) is 4. The minimum absolute atomic E-state index is 0. The largest absolute Gasteiger partial charge is 0.384 e. The molecule has 0 aliphatic heterocycles. The number of hydrogen-bond acceptors (Lipinski definition) is 11. The lowest BCUT2D eigenvalue weighted by atomic mass is 9.89. The van der Waals surface area contributed by atoms with Crippen molar-refractivity contribution in [2.24, 2.45) is 17.5 Å². The summed E-state index contributed by atoms with van der Waals surface area (Å²) in [6, 6.07) is 11.1. The molecule has 0 spiro atoms. The number of nitrogens with zero attached hydrogens (tertiary/aromatic N) is 7. The summed E-state index contributed by atoms with van der Waals surface area (Å²) < 4.78 is 5.79. The Labute approximate surface area is 390 Å². The third-order valence-electron chi connectivity index (χ3n) is 11.3. The number of aromatic nitrogens is 6. The van der Waals surface area contributed by atoms with Crippen LogP contribution in [0.3, 0.4) is 0 Å². The number of nitrogen functional groups attached to an aromatic ring is 1. The minimum Gasteiger partial charge on any atom is -0.384 e. The van der Waals surface area contributed by atoms with Crippen molar-refractivity contribution in [1.82, 2.24) is 40.1 Å². The summed E-state index contributed by atoms with van der Waals surface area (Å²) in [7, 11) is 0. The maximum Gasteiger partial charge on any atom is 0.257 e. The van der Waals surface area contributed by atoms with Crippen LogP contribution in [0.4, 0.5) is 17.5 Å². The number of carbonyl (C=O) groups is 2. The van der Waals surface area contributed by atoms with Crippen LogP contribution in [-0.2, 0) is 63.0 Å². The SMILES string of the molecule is C.CCNN.CCn1nc2c(c1N)CCCC2.CCn1nc2c(c1NC(=S)NC(=O)c1ccccc1)CCCC2.CCn1nc2c(c1NC(N)=S)CCCC2.N#CC1CCCCC1=O. The van der Waals surface area contributed by atoms with Gasteiger partial charge in [0.15, 0.2) is 10.2 Å². The lowest BCUT2D eigenvalue weighted by molar-refractivity contribution is -0.122. The van der Waals surface area contributed by atoms with Crippen LogP contribution in [0.5, 0.6) is 0 Å². The molecule has 0 radical (unpaired) electrons. The van der Waals surface area contributed by atoms with Gasteiger partial charge in [-0.3, -0.25) is 26.2 Å². The van der Waals surface area contributed by atoms with Gasteiger partial charge in [-0.15, -0.1) is 0 Å². The third kappa shape index (κ3) is 15.2. The molecular weight excluding hydrogens is 845 g/mol. The van der Waals surface area contributed by atoms with Crippen LogP contribution in [0.2, 0.25) is 0 Å². The van der Waals surface area contributed by atoms with E-state index in [0.29, 0.717) is 22.2 Å². The maximum absolute atomic E-state index is 12.2. The quantitative estimate of drug-likeness (QED) is 0.0557. The average Bonchev–Trinajstić information content (AvgIpc) is 3.97. The molecule has 4 aliphatic carbocycles. The van der Waals surface area contributed by atoms with Crippen LogP contribution < -0.4 is 38.7 Å². The van der Waals surface area contributed by atoms with Gasteiger partial charge in [0, 0.05) is 54.9 Å². The second-order valence-electron chi connectivity index (χ2n) is 15.6. The monoisotopic (exact) mass is 917 g/mol. The van der Waals surface area contributed by atoms with Gasteiger partial charge in [0.1, 0.15) is 29.2 Å². The van der Waals surface area contributed by atoms with E-state index < -0.39 is 0 Å². The van der Waals surface area contributed by atoms with Crippen molar-refractivity contribution >= 4 is 63.8 Å². The Hall–Kier alpha value is -5.22. The van der Waals surface area contributed by atoms with E-state index in [-0.39, 0.29) is 25.0 Å². The van der Waals surface area contributed by atoms with Gasteiger partial charge in [0.05, 0.1) is 23.2 Å². The van der Waals surface area contributed by atoms with E-state index in [9.17, 15) is 9.59 Å². The van der Waals surface area contributed by atoms with Crippen molar-refractivity contribution in [3.8, 4) is 6.07 Å². The Morgan fingerprint density at radius 3 is 1.62 bits per heavy atom. The lowest BCUT2D eigenvalue weighted by Crippen LogP contribution is -2.35. The Morgan fingerprint density at radius 1 is 0.734 bits per heavy atom. The van der Waals surface area contributed by atoms with Gasteiger partial charge in [0.2, 0.25) is 0 Å². The standard InChI is InChI=1S/C17H20N4OS.C10H16N4S.C9H15N3.C7H9NO.C2H8N2.CH4/c1-2-21-15(13-10-6-7-11-14(13)20-21)18-17(23)19-16(22)12-8-4-3-5-9-12;1-2-14-9(12-10(11)15)7-5-3-4-6-8(7)13-14;1-2-12-9(10)7-5-3-4-6-8(7)11-12;8-5-6-3-1-2-4-7(6)9;1-2-4-3;/h3-5,8-9H,2,6-7,10-11H2,1H3,(H2,18,19,22,23);2-6H2,1H3,(H3,11,12,15);2-6,10H2,1H3;6H,1-4H2;4H,2-3H2,1H3;1H4. The molecule has 1 aromatic carbocycles. The highest BCUT2D eigenvalue weighted by Gasteiger charge is 2.23. The average molecular weight is 917 g/mol. The molecule has 1 atom stereocenters. The van der Waals surface area contributed by atoms with Gasteiger partial charge < -0.3 is 22.1 Å². The number of rotatable bonds is 7. The summed E-state index contributed by atoms with van der Waals surface area (Å²) in [5, 5.41) is 31.6. The first-order chi connectivity index (χ1) is 30.5. The Balaban J connectivity index is 0.000000231. The molecule has 350 valence electrons. The molecule has 64 heavy (non-hydrogen) atoms. The molecule has 1 fully saturated rings. The second-order valence-corrected chi connectivity index (χ2v) is 16.5. The van der Waals surface area contributed by atoms with Crippen LogP contribution in [0.15, 0.2) is 30.3 Å². The van der Waals surface area contributed by atoms with Crippen LogP contribution in [0.25, 0.3) is 0 Å². The molecule has 1 saturated carbocycles. The van der Waals surface area contributed by atoms with Crippen molar-refractivity contribution in [2.75, 3.05) is 22.9 Å². The number of aryl methyl sites for hydroxylation is 6. The molecule has 0 saturated heterocycles. The normalized spacial score (nSPS) is 15.6. The number of nitriles is 1. The van der Waals surface area contributed by atoms with Crippen LogP contribution >= 0.6 is 24.4 Å². The number of anilines is 3. The summed E-state index contributed by atoms with van der Waals surface area (Å²) >= 11 is 10.2. The van der Waals surface area contributed by atoms with Crippen molar-refractivity contribution in [1.29, 1.82) is 5.26 Å². The molecule has 0 bridgehead atoms. The van der Waals surface area contributed by atoms with Gasteiger partial charge >= 0.3 is 0 Å². The number of thiocarbonyl (C=S) groups is 2. The van der Waals surface area contributed by atoms with Crippen molar-refractivity contribution in [2.45, 2.75) is 157 Å². The number of hydrazine groups is 1. The number of Topliss-reactive ketones (excluding diaryl/α,β-unsaturated/α-hetero) is 1. The van der Waals surface area contributed by atoms with E-state index in [1.54, 1.807) is 12.1 Å². The number of amides is 1. The molecule has 4 aromatic rings. The fraction of sp³-hybridized carbons (Fsp3) is 0.565. The molecule has 1 amide bonds. The zero-order valence-electron chi connectivity index (χ0n) is 37.6. The number of benzene rings is 1. The topological polar surface area (TPSA) is 238 Å². The van der Waals surface area contributed by atoms with Crippen LogP contribution in [-0.4, -0.2) is 57.8 Å². The first-order valence-electron chi connectivity index (χ1n) is 22.6. The number of hydrogen-bond donors (Lipinski definition) is 7. The van der Waals surface area contributed by atoms with Crippen molar-refractivity contribution in [3.05, 3.63) is 69.7 Å². The van der Waals surface area contributed by atoms with Gasteiger partial charge in [-0.05, 0) is 147 Å². The number of fused-ring (bicyclic) bond motifs is 3. The van der Waals surface area contributed by atoms with E-state index in [4.69, 9.17) is 47.0 Å². The Kier molecular flexibility index (Phi) is 23.1. The first kappa shape index (κ1) is 53.1. The summed E-state index contributed by atoms with van der Waals surface area (Å²) in [4.78, 5) is 23.0. The number of carbonyl (C=O) groups excluding carboxylic acids is 2. The van der Waals surface area contributed by atoms with E-state index >= 15 is 0 Å². The first-order valence-corrected chi connectivity index (χ1v) is 23.4. The molecule has 18 heteroatoms. The molecule has 4 aliphatic rings. The zero-order valence-corrected chi connectivity index (χ0v) is 39.2. The molecule has 16 nitrogen and oxygen atoms in total. The van der Waals surface area contributed by atoms with Gasteiger partial charge in [-0.2, -0.15) is 20.6 Å². The Bertz CT molecular complexity index is 2150. The second kappa shape index (κ2) is 27.9. The molecule has 3 heterocycles. The summed E-state index contributed by atoms with van der Waals surface area (Å²) in [5.41, 5.74) is 21.9. The van der Waals surface area contributed by atoms with Crippen molar-refractivity contribution < 1.29 is 9.59 Å². The van der Waals surface area contributed by atoms with Crippen LogP contribution in [0.1, 0.15) is 143 Å². The van der Waals surface area contributed by atoms with E-state index in [1.165, 1.54) is 66.6 Å². The summed E-state index contributed by atoms with van der Waals surface area (Å²) in [6.07, 6.45) is 17.2. The highest BCUT2D eigenvalue weighted by molar-refractivity contribution is 7.80. The van der Waals surface area contributed by atoms with Gasteiger partial charge in [0.25, 0.3) is 5.91 Å². The van der Waals surface area contributed by atoms with E-state index in [2.05, 4.69) is 57.4 Å². The fourth-order valence-electron chi connectivity index (χ4n) is 7.96. The molecule has 10 N–H and O–H groups in total. The summed E-state index contributed by atoms with van der Waals surface area (Å²) in [5.74, 6) is 7.24. The fourth-order valence-corrected chi connectivity index (χ4v) is 8.25. The predicted octanol–water partition coefficient (Wildman–Crippen LogP) is 7.08. The third-order valence-corrected chi connectivity index (χ3v) is 11.6. The van der Waals surface area contributed by atoms with Crippen molar-refractivity contribution in [3.63, 3.8) is 0 Å². The highest BCUT2D eigenvalue weighted by Crippen LogP contribution is 2.29. The molecule has 1 unspecified atom stereocenters. The van der Waals surface area contributed by atoms with Gasteiger partial charge in [-0.25, -0.2) is 14.0 Å². The highest BCUT2D eigenvalue weighted by atomic mass is 32.1. The molecule has 3 aromatic heterocycles. The minimum atomic E-state index is -0.279. The van der Waals surface area contributed by atoms with E-state index in [0.717, 1.165) is 107 Å². The lowest BCUT2D eigenvalue weighted by Gasteiger charge is -2.14. The van der Waals surface area contributed by atoms with Crippen LogP contribution in [0, 0.1) is 17.2 Å².